The Morgan fingerprint density at radius 3 is 2.30 bits per heavy atom. The van der Waals surface area contributed by atoms with Crippen LogP contribution in [0.5, 0.6) is 0 Å². The average molecular weight is 437 g/mol. The van der Waals surface area contributed by atoms with Gasteiger partial charge in [-0.2, -0.15) is 4.31 Å². The zero-order valence-electron chi connectivity index (χ0n) is 17.8. The van der Waals surface area contributed by atoms with Crippen molar-refractivity contribution in [2.24, 2.45) is 17.8 Å². The molecule has 0 spiro atoms. The van der Waals surface area contributed by atoms with Crippen molar-refractivity contribution in [1.82, 2.24) is 9.21 Å². The maximum Gasteiger partial charge on any atom is 0.253 e. The largest absolute Gasteiger partial charge is 0.350 e. The molecule has 0 aromatic heterocycles. The molecule has 0 bridgehead atoms. The molecule has 0 radical (unpaired) electrons. The van der Waals surface area contributed by atoms with E-state index in [9.17, 15) is 13.2 Å². The lowest BCUT2D eigenvalue weighted by Gasteiger charge is -2.34. The second kappa shape index (κ2) is 8.94. The standard InChI is InChI=1S/C22H32N2O5S/c1-16-12-17(2)15-24(14-16)30(26,27)20-5-3-4-19(13-20)21(25)23-8-6-18(7-9-23)22-28-10-11-29-22/h3-5,13,16-18,22H,6-12,14-15H2,1-2H3. The smallest absolute Gasteiger partial charge is 0.253 e. The first-order chi connectivity index (χ1) is 14.3. The van der Waals surface area contributed by atoms with Gasteiger partial charge in [-0.25, -0.2) is 8.42 Å². The summed E-state index contributed by atoms with van der Waals surface area (Å²) in [5.74, 6) is 0.871. The van der Waals surface area contributed by atoms with Gasteiger partial charge in [0.05, 0.1) is 18.1 Å². The molecule has 2 unspecified atom stereocenters. The first kappa shape index (κ1) is 21.7. The van der Waals surface area contributed by atoms with Crippen LogP contribution in [0.4, 0.5) is 0 Å². The molecule has 3 aliphatic rings. The minimum atomic E-state index is -3.60. The molecular weight excluding hydrogens is 404 g/mol. The summed E-state index contributed by atoms with van der Waals surface area (Å²) in [7, 11) is -3.60. The number of rotatable bonds is 4. The molecule has 4 rings (SSSR count). The summed E-state index contributed by atoms with van der Waals surface area (Å²) in [6, 6.07) is 6.51. The molecule has 3 aliphatic heterocycles. The van der Waals surface area contributed by atoms with Gasteiger partial charge in [0.15, 0.2) is 6.29 Å². The summed E-state index contributed by atoms with van der Waals surface area (Å²) >= 11 is 0. The zero-order valence-corrected chi connectivity index (χ0v) is 18.6. The Labute approximate surface area is 179 Å². The van der Waals surface area contributed by atoms with E-state index in [2.05, 4.69) is 13.8 Å². The zero-order chi connectivity index (χ0) is 21.3. The van der Waals surface area contributed by atoms with E-state index >= 15 is 0 Å². The molecule has 1 aromatic rings. The maximum absolute atomic E-state index is 13.2. The molecule has 3 heterocycles. The summed E-state index contributed by atoms with van der Waals surface area (Å²) in [6.45, 7) is 7.77. The number of ether oxygens (including phenoxy) is 2. The van der Waals surface area contributed by atoms with Crippen LogP contribution in [0.1, 0.15) is 43.5 Å². The highest BCUT2D eigenvalue weighted by Crippen LogP contribution is 2.29. The molecule has 7 nitrogen and oxygen atoms in total. The van der Waals surface area contributed by atoms with Crippen molar-refractivity contribution in [1.29, 1.82) is 0 Å². The molecule has 0 aliphatic carbocycles. The topological polar surface area (TPSA) is 76.2 Å². The first-order valence-electron chi connectivity index (χ1n) is 11.0. The molecular formula is C22H32N2O5S. The van der Waals surface area contributed by atoms with Gasteiger partial charge in [-0.3, -0.25) is 4.79 Å². The van der Waals surface area contributed by atoms with Crippen LogP contribution in [0.2, 0.25) is 0 Å². The highest BCUT2D eigenvalue weighted by Gasteiger charge is 2.34. The third kappa shape index (κ3) is 4.56. The molecule has 3 fully saturated rings. The number of benzene rings is 1. The Hall–Kier alpha value is -1.48. The number of sulfonamides is 1. The Balaban J connectivity index is 1.44. The van der Waals surface area contributed by atoms with Gasteiger partial charge >= 0.3 is 0 Å². The van der Waals surface area contributed by atoms with Gasteiger partial charge in [-0.05, 0) is 49.3 Å². The number of nitrogens with zero attached hydrogens (tertiary/aromatic N) is 2. The van der Waals surface area contributed by atoms with Gasteiger partial charge in [0.1, 0.15) is 0 Å². The Bertz CT molecular complexity index is 850. The highest BCUT2D eigenvalue weighted by atomic mass is 32.2. The van der Waals surface area contributed by atoms with E-state index in [0.717, 1.165) is 19.3 Å². The lowest BCUT2D eigenvalue weighted by Crippen LogP contribution is -2.43. The van der Waals surface area contributed by atoms with Crippen LogP contribution < -0.4 is 0 Å². The van der Waals surface area contributed by atoms with E-state index in [0.29, 0.717) is 62.7 Å². The predicted octanol–water partition coefficient (Wildman–Crippen LogP) is 2.58. The minimum Gasteiger partial charge on any atom is -0.350 e. The summed E-state index contributed by atoms with van der Waals surface area (Å²) in [6.07, 6.45) is 2.55. The summed E-state index contributed by atoms with van der Waals surface area (Å²) in [5.41, 5.74) is 0.431. The Morgan fingerprint density at radius 2 is 1.67 bits per heavy atom. The molecule has 0 saturated carbocycles. The van der Waals surface area contributed by atoms with Crippen LogP contribution in [0.15, 0.2) is 29.2 Å². The normalized spacial score (nSPS) is 27.5. The number of hydrogen-bond acceptors (Lipinski definition) is 5. The fourth-order valence-corrected chi connectivity index (χ4v) is 6.67. The summed E-state index contributed by atoms with van der Waals surface area (Å²) in [4.78, 5) is 15.1. The number of carbonyl (C=O) groups excluding carboxylic acids is 1. The van der Waals surface area contributed by atoms with Crippen molar-refractivity contribution in [3.8, 4) is 0 Å². The fraction of sp³-hybridized carbons (Fsp3) is 0.682. The second-order valence-corrected chi connectivity index (χ2v) is 11.0. The molecule has 3 saturated heterocycles. The Morgan fingerprint density at radius 1 is 1.03 bits per heavy atom. The van der Waals surface area contributed by atoms with Crippen molar-refractivity contribution < 1.29 is 22.7 Å². The molecule has 8 heteroatoms. The quantitative estimate of drug-likeness (QED) is 0.725. The number of amides is 1. The van der Waals surface area contributed by atoms with Gasteiger partial charge in [-0.1, -0.05) is 19.9 Å². The third-order valence-electron chi connectivity index (χ3n) is 6.41. The Kier molecular flexibility index (Phi) is 6.48. The van der Waals surface area contributed by atoms with Gasteiger partial charge < -0.3 is 14.4 Å². The second-order valence-electron chi connectivity index (χ2n) is 9.04. The van der Waals surface area contributed by atoms with Crippen LogP contribution in [0, 0.1) is 17.8 Å². The van der Waals surface area contributed by atoms with Crippen molar-refractivity contribution >= 4 is 15.9 Å². The van der Waals surface area contributed by atoms with Crippen molar-refractivity contribution in [3.63, 3.8) is 0 Å². The van der Waals surface area contributed by atoms with Crippen molar-refractivity contribution in [2.45, 2.75) is 44.3 Å². The number of likely N-dealkylation sites (tertiary alicyclic amines) is 1. The van der Waals surface area contributed by atoms with E-state index in [4.69, 9.17) is 9.47 Å². The number of carbonyl (C=O) groups is 1. The van der Waals surface area contributed by atoms with Crippen LogP contribution in [0.3, 0.4) is 0 Å². The first-order valence-corrected chi connectivity index (χ1v) is 12.4. The predicted molar refractivity (Wildman–Crippen MR) is 112 cm³/mol. The van der Waals surface area contributed by atoms with Gasteiger partial charge in [0.2, 0.25) is 10.0 Å². The highest BCUT2D eigenvalue weighted by molar-refractivity contribution is 7.89. The molecule has 30 heavy (non-hydrogen) atoms. The van der Waals surface area contributed by atoms with Gasteiger partial charge in [0.25, 0.3) is 5.91 Å². The van der Waals surface area contributed by atoms with E-state index < -0.39 is 10.0 Å². The van der Waals surface area contributed by atoms with E-state index in [1.54, 1.807) is 22.5 Å². The van der Waals surface area contributed by atoms with Crippen molar-refractivity contribution in [3.05, 3.63) is 29.8 Å². The monoisotopic (exact) mass is 436 g/mol. The lowest BCUT2D eigenvalue weighted by atomic mass is 9.94. The average Bonchev–Trinajstić information content (AvgIpc) is 3.28. The molecule has 166 valence electrons. The third-order valence-corrected chi connectivity index (χ3v) is 8.24. The maximum atomic E-state index is 13.2. The summed E-state index contributed by atoms with van der Waals surface area (Å²) < 4.78 is 39.2. The molecule has 1 aromatic carbocycles. The van der Waals surface area contributed by atoms with Crippen LogP contribution in [-0.4, -0.2) is 69.2 Å². The molecule has 0 N–H and O–H groups in total. The van der Waals surface area contributed by atoms with Crippen LogP contribution >= 0.6 is 0 Å². The summed E-state index contributed by atoms with van der Waals surface area (Å²) in [5, 5.41) is 0. The van der Waals surface area contributed by atoms with E-state index in [-0.39, 0.29) is 17.1 Å². The van der Waals surface area contributed by atoms with Gasteiger partial charge in [-0.15, -0.1) is 0 Å². The van der Waals surface area contributed by atoms with Gasteiger partial charge in [0, 0.05) is 37.7 Å². The van der Waals surface area contributed by atoms with E-state index in [1.807, 2.05) is 4.90 Å². The molecule has 2 atom stereocenters. The minimum absolute atomic E-state index is 0.112. The fourth-order valence-electron chi connectivity index (χ4n) is 4.95. The SMILES string of the molecule is CC1CC(C)CN(S(=O)(=O)c2cccc(C(=O)N3CCC(C4OCCO4)CC3)c2)C1. The lowest BCUT2D eigenvalue weighted by molar-refractivity contribution is -0.0956. The van der Waals surface area contributed by atoms with Crippen molar-refractivity contribution in [2.75, 3.05) is 39.4 Å². The molecule has 1 amide bonds. The number of piperidine rings is 2. The van der Waals surface area contributed by atoms with E-state index in [1.165, 1.54) is 6.07 Å². The number of hydrogen-bond donors (Lipinski definition) is 0. The van der Waals surface area contributed by atoms with Crippen LogP contribution in [-0.2, 0) is 19.5 Å². The van der Waals surface area contributed by atoms with Crippen LogP contribution in [0.25, 0.3) is 0 Å².